The molecule has 0 aliphatic carbocycles. The molecule has 0 saturated heterocycles. The van der Waals surface area contributed by atoms with E-state index in [1.807, 2.05) is 43.1 Å². The normalized spacial score (nSPS) is 11.3. The fourth-order valence-corrected chi connectivity index (χ4v) is 2.34. The maximum absolute atomic E-state index is 5.34. The molecule has 0 atom stereocenters. The van der Waals surface area contributed by atoms with Crippen LogP contribution in [0.2, 0.25) is 0 Å². The minimum Gasteiger partial charge on any atom is -0.338 e. The van der Waals surface area contributed by atoms with Gasteiger partial charge in [-0.1, -0.05) is 34.9 Å². The number of rotatable bonds is 7. The molecule has 0 spiro atoms. The molecule has 126 valence electrons. The van der Waals surface area contributed by atoms with Gasteiger partial charge in [-0.25, -0.2) is 0 Å². The summed E-state index contributed by atoms with van der Waals surface area (Å²) >= 11 is 0. The zero-order valence-electron chi connectivity index (χ0n) is 14.2. The van der Waals surface area contributed by atoms with Crippen molar-refractivity contribution in [2.75, 3.05) is 7.05 Å². The summed E-state index contributed by atoms with van der Waals surface area (Å²) in [7, 11) is 1.95. The van der Waals surface area contributed by atoms with E-state index in [2.05, 4.69) is 27.2 Å². The predicted molar refractivity (Wildman–Crippen MR) is 87.9 cm³/mol. The third-order valence-electron chi connectivity index (χ3n) is 3.57. The molecule has 7 heteroatoms. The highest BCUT2D eigenvalue weighted by Gasteiger charge is 2.13. The first kappa shape index (κ1) is 16.3. The minimum atomic E-state index is 0.529. The van der Waals surface area contributed by atoms with Gasteiger partial charge in [0.2, 0.25) is 5.89 Å². The first-order valence-corrected chi connectivity index (χ1v) is 8.03. The first-order chi connectivity index (χ1) is 11.6. The van der Waals surface area contributed by atoms with Gasteiger partial charge < -0.3 is 9.05 Å². The van der Waals surface area contributed by atoms with Crippen molar-refractivity contribution in [1.29, 1.82) is 0 Å². The van der Waals surface area contributed by atoms with Crippen LogP contribution in [0, 0.1) is 6.92 Å². The largest absolute Gasteiger partial charge is 0.338 e. The Bertz CT molecular complexity index is 778. The Labute approximate surface area is 140 Å². The van der Waals surface area contributed by atoms with Gasteiger partial charge in [0.05, 0.1) is 13.1 Å². The molecular formula is C17H21N5O2. The van der Waals surface area contributed by atoms with Crippen LogP contribution in [0.5, 0.6) is 0 Å². The summed E-state index contributed by atoms with van der Waals surface area (Å²) in [6.07, 6.45) is 1.83. The van der Waals surface area contributed by atoms with Crippen molar-refractivity contribution < 1.29 is 9.05 Å². The number of hydrogen-bond donors (Lipinski definition) is 0. The molecule has 0 aliphatic rings. The standard InChI is InChI=1S/C17H21N5O2/c1-4-5-14-18-16(23-20-14)11-22(3)10-15-19-17(24-21-15)13-8-6-12(2)7-9-13/h6-9H,4-5,10-11H2,1-3H3. The average Bonchev–Trinajstić information content (AvgIpc) is 3.18. The number of aromatic nitrogens is 4. The van der Waals surface area contributed by atoms with Gasteiger partial charge in [0, 0.05) is 12.0 Å². The molecule has 0 aliphatic heterocycles. The van der Waals surface area contributed by atoms with E-state index >= 15 is 0 Å². The van der Waals surface area contributed by atoms with Crippen molar-refractivity contribution in [3.05, 3.63) is 47.4 Å². The van der Waals surface area contributed by atoms with E-state index in [1.54, 1.807) is 0 Å². The van der Waals surface area contributed by atoms with Crippen molar-refractivity contribution in [3.63, 3.8) is 0 Å². The maximum Gasteiger partial charge on any atom is 0.257 e. The molecule has 0 unspecified atom stereocenters. The SMILES string of the molecule is CCCc1noc(CN(C)Cc2noc(-c3ccc(C)cc3)n2)n1. The zero-order chi connectivity index (χ0) is 16.9. The van der Waals surface area contributed by atoms with E-state index in [1.165, 1.54) is 5.56 Å². The van der Waals surface area contributed by atoms with Crippen LogP contribution >= 0.6 is 0 Å². The summed E-state index contributed by atoms with van der Waals surface area (Å²) in [6, 6.07) is 8.00. The monoisotopic (exact) mass is 327 g/mol. The quantitative estimate of drug-likeness (QED) is 0.659. The van der Waals surface area contributed by atoms with Gasteiger partial charge in [0.25, 0.3) is 5.89 Å². The molecule has 0 fully saturated rings. The summed E-state index contributed by atoms with van der Waals surface area (Å²) in [4.78, 5) is 10.8. The van der Waals surface area contributed by atoms with E-state index < -0.39 is 0 Å². The lowest BCUT2D eigenvalue weighted by molar-refractivity contribution is 0.252. The highest BCUT2D eigenvalue weighted by Crippen LogP contribution is 2.18. The summed E-state index contributed by atoms with van der Waals surface area (Å²) in [5.74, 6) is 2.51. The molecule has 0 radical (unpaired) electrons. The van der Waals surface area contributed by atoms with Crippen LogP contribution in [0.1, 0.15) is 36.4 Å². The van der Waals surface area contributed by atoms with Gasteiger partial charge in [-0.2, -0.15) is 9.97 Å². The highest BCUT2D eigenvalue weighted by molar-refractivity contribution is 5.53. The Morgan fingerprint density at radius 1 is 0.958 bits per heavy atom. The Kier molecular flexibility index (Phi) is 5.00. The van der Waals surface area contributed by atoms with Gasteiger partial charge >= 0.3 is 0 Å². The van der Waals surface area contributed by atoms with Crippen molar-refractivity contribution in [3.8, 4) is 11.5 Å². The van der Waals surface area contributed by atoms with E-state index in [0.717, 1.165) is 24.2 Å². The van der Waals surface area contributed by atoms with Crippen LogP contribution in [0.15, 0.2) is 33.3 Å². The van der Waals surface area contributed by atoms with Crippen molar-refractivity contribution in [2.45, 2.75) is 39.8 Å². The fraction of sp³-hybridized carbons (Fsp3) is 0.412. The molecule has 2 aromatic heterocycles. The van der Waals surface area contributed by atoms with Crippen molar-refractivity contribution in [2.24, 2.45) is 0 Å². The molecule has 0 N–H and O–H groups in total. The lowest BCUT2D eigenvalue weighted by atomic mass is 10.1. The number of nitrogens with zero attached hydrogens (tertiary/aromatic N) is 5. The Morgan fingerprint density at radius 2 is 1.71 bits per heavy atom. The molecule has 0 bridgehead atoms. The lowest BCUT2D eigenvalue weighted by Gasteiger charge is -2.10. The Hall–Kier alpha value is -2.54. The highest BCUT2D eigenvalue weighted by atomic mass is 16.5. The van der Waals surface area contributed by atoms with E-state index in [-0.39, 0.29) is 0 Å². The maximum atomic E-state index is 5.34. The molecule has 1 aromatic carbocycles. The zero-order valence-corrected chi connectivity index (χ0v) is 14.2. The van der Waals surface area contributed by atoms with E-state index in [9.17, 15) is 0 Å². The summed E-state index contributed by atoms with van der Waals surface area (Å²) in [5.41, 5.74) is 2.11. The Balaban J connectivity index is 1.60. The topological polar surface area (TPSA) is 81.1 Å². The van der Waals surface area contributed by atoms with Crippen LogP contribution in [0.4, 0.5) is 0 Å². The van der Waals surface area contributed by atoms with Crippen LogP contribution < -0.4 is 0 Å². The van der Waals surface area contributed by atoms with Crippen LogP contribution in [-0.4, -0.2) is 32.2 Å². The van der Waals surface area contributed by atoms with Crippen LogP contribution in [0.25, 0.3) is 11.5 Å². The molecule has 24 heavy (non-hydrogen) atoms. The van der Waals surface area contributed by atoms with Crippen LogP contribution in [-0.2, 0) is 19.5 Å². The van der Waals surface area contributed by atoms with Gasteiger partial charge in [-0.05, 0) is 32.5 Å². The minimum absolute atomic E-state index is 0.529. The van der Waals surface area contributed by atoms with Crippen molar-refractivity contribution in [1.82, 2.24) is 25.2 Å². The average molecular weight is 327 g/mol. The third-order valence-corrected chi connectivity index (χ3v) is 3.57. The molecular weight excluding hydrogens is 306 g/mol. The molecule has 3 rings (SSSR count). The van der Waals surface area contributed by atoms with Gasteiger partial charge in [0.15, 0.2) is 11.6 Å². The number of hydrogen-bond acceptors (Lipinski definition) is 7. The Morgan fingerprint density at radius 3 is 2.46 bits per heavy atom. The van der Waals surface area contributed by atoms with E-state index in [4.69, 9.17) is 9.05 Å². The summed E-state index contributed by atoms with van der Waals surface area (Å²) in [6.45, 7) is 5.22. The van der Waals surface area contributed by atoms with Gasteiger partial charge in [-0.15, -0.1) is 0 Å². The summed E-state index contributed by atoms with van der Waals surface area (Å²) in [5, 5.41) is 7.99. The molecule has 3 aromatic rings. The van der Waals surface area contributed by atoms with Gasteiger partial charge in [0.1, 0.15) is 0 Å². The third kappa shape index (κ3) is 4.05. The van der Waals surface area contributed by atoms with Crippen molar-refractivity contribution >= 4 is 0 Å². The van der Waals surface area contributed by atoms with Crippen LogP contribution in [0.3, 0.4) is 0 Å². The smallest absolute Gasteiger partial charge is 0.257 e. The number of benzene rings is 1. The molecule has 0 saturated carbocycles. The first-order valence-electron chi connectivity index (χ1n) is 8.03. The molecule has 0 amide bonds. The van der Waals surface area contributed by atoms with Gasteiger partial charge in [-0.3, -0.25) is 4.90 Å². The fourth-order valence-electron chi connectivity index (χ4n) is 2.34. The lowest BCUT2D eigenvalue weighted by Crippen LogP contribution is -2.18. The summed E-state index contributed by atoms with van der Waals surface area (Å²) < 4.78 is 10.6. The second kappa shape index (κ2) is 7.35. The second-order valence-corrected chi connectivity index (χ2v) is 5.91. The van der Waals surface area contributed by atoms with E-state index in [0.29, 0.717) is 30.7 Å². The second-order valence-electron chi connectivity index (χ2n) is 5.91. The molecule has 7 nitrogen and oxygen atoms in total. The number of aryl methyl sites for hydroxylation is 2. The molecule has 2 heterocycles. The predicted octanol–water partition coefficient (Wildman–Crippen LogP) is 3.01.